The summed E-state index contributed by atoms with van der Waals surface area (Å²) in [4.78, 5) is 0. The molecule has 0 spiro atoms. The van der Waals surface area contributed by atoms with Crippen LogP contribution in [-0.4, -0.2) is 47.8 Å². The Bertz CT molecular complexity index is 1170. The van der Waals surface area contributed by atoms with E-state index in [0.717, 1.165) is 6.42 Å². The molecule has 3 atom stereocenters. The lowest BCUT2D eigenvalue weighted by Gasteiger charge is -2.36. The molecule has 0 amide bonds. The molecule has 2 aromatic carbocycles. The normalized spacial score (nSPS) is 23.3. The minimum atomic E-state index is -4.12. The van der Waals surface area contributed by atoms with Gasteiger partial charge < -0.3 is 14.2 Å². The number of benzene rings is 2. The highest BCUT2D eigenvalue weighted by Gasteiger charge is 2.54. The summed E-state index contributed by atoms with van der Waals surface area (Å²) in [5.41, 5.74) is 0.547. The maximum Gasteiger partial charge on any atom is 0.348 e. The van der Waals surface area contributed by atoms with Gasteiger partial charge in [-0.15, -0.1) is 4.48 Å². The molecule has 1 saturated heterocycles. The predicted molar refractivity (Wildman–Crippen MR) is 123 cm³/mol. The van der Waals surface area contributed by atoms with Crippen molar-refractivity contribution >= 4 is 28.0 Å². The number of halogens is 1. The number of nitrogens with one attached hydrogen (secondary N) is 1. The number of quaternary nitrogens is 1. The average molecular weight is 478 g/mol. The van der Waals surface area contributed by atoms with E-state index in [4.69, 9.17) is 14.2 Å². The number of guanidine groups is 1. The summed E-state index contributed by atoms with van der Waals surface area (Å²) >= 11 is 0. The van der Waals surface area contributed by atoms with E-state index in [-0.39, 0.29) is 16.0 Å². The Kier molecular flexibility index (Phi) is 6.37. The zero-order valence-corrected chi connectivity index (χ0v) is 19.4. The largest absolute Gasteiger partial charge is 0.491 e. The Balaban J connectivity index is 1.81. The fourth-order valence-corrected chi connectivity index (χ4v) is 5.32. The average Bonchev–Trinajstić information content (AvgIpc) is 3.49. The van der Waals surface area contributed by atoms with Gasteiger partial charge in [0.05, 0.1) is 20.8 Å². The van der Waals surface area contributed by atoms with Crippen LogP contribution in [0.2, 0.25) is 0 Å². The number of hydrogen-bond acceptors (Lipinski definition) is 7. The molecular formula is C22H26FN4O5S+. The first-order valence-electron chi connectivity index (χ1n) is 10.5. The maximum atomic E-state index is 14.3. The Morgan fingerprint density at radius 3 is 2.45 bits per heavy atom. The highest BCUT2D eigenvalue weighted by molar-refractivity contribution is 7.90. The van der Waals surface area contributed by atoms with Crippen LogP contribution in [0.3, 0.4) is 0 Å². The van der Waals surface area contributed by atoms with Crippen LogP contribution in [0.15, 0.2) is 52.7 Å². The molecule has 9 nitrogen and oxygen atoms in total. The predicted octanol–water partition coefficient (Wildman–Crippen LogP) is 3.28. The molecule has 0 aliphatic carbocycles. The number of sulfonamides is 1. The number of nitrogens with zero attached hydrogens (tertiary/aromatic N) is 3. The van der Waals surface area contributed by atoms with Gasteiger partial charge in [-0.3, -0.25) is 0 Å². The first kappa shape index (κ1) is 23.1. The monoisotopic (exact) mass is 477 g/mol. The second kappa shape index (κ2) is 9.08. The molecule has 0 radical (unpaired) electrons. The molecular weight excluding hydrogens is 451 g/mol. The van der Waals surface area contributed by atoms with Gasteiger partial charge in [-0.05, 0) is 31.5 Å². The van der Waals surface area contributed by atoms with E-state index >= 15 is 0 Å². The molecule has 2 heterocycles. The molecule has 0 bridgehead atoms. The molecule has 0 saturated carbocycles. The van der Waals surface area contributed by atoms with Gasteiger partial charge in [-0.25, -0.2) is 17.5 Å². The van der Waals surface area contributed by atoms with Crippen LogP contribution < -0.4 is 18.7 Å². The van der Waals surface area contributed by atoms with Crippen molar-refractivity contribution in [2.24, 2.45) is 10.2 Å². The van der Waals surface area contributed by atoms with Crippen molar-refractivity contribution in [3.63, 3.8) is 0 Å². The maximum absolute atomic E-state index is 14.3. The van der Waals surface area contributed by atoms with E-state index in [1.807, 2.05) is 0 Å². The third-order valence-corrected chi connectivity index (χ3v) is 7.56. The van der Waals surface area contributed by atoms with Crippen molar-refractivity contribution in [1.29, 1.82) is 0 Å². The molecule has 1 N–H and O–H groups in total. The molecule has 0 aromatic heterocycles. The Labute approximate surface area is 192 Å². The first-order chi connectivity index (χ1) is 15.8. The minimum Gasteiger partial charge on any atom is -0.491 e. The Morgan fingerprint density at radius 2 is 1.85 bits per heavy atom. The van der Waals surface area contributed by atoms with Gasteiger partial charge >= 0.3 is 5.96 Å². The fraction of sp³-hybridized carbons (Fsp3) is 0.364. The Morgan fingerprint density at radius 1 is 1.15 bits per heavy atom. The van der Waals surface area contributed by atoms with Gasteiger partial charge in [0.2, 0.25) is 28.3 Å². The second-order valence-electron chi connectivity index (χ2n) is 7.72. The Hall–Kier alpha value is -3.02. The van der Waals surface area contributed by atoms with E-state index in [1.54, 1.807) is 24.3 Å². The highest BCUT2D eigenvalue weighted by atomic mass is 32.2. The summed E-state index contributed by atoms with van der Waals surface area (Å²) in [5.74, 6) is 0.290. The van der Waals surface area contributed by atoms with E-state index in [1.165, 1.54) is 45.7 Å². The number of hydrogen-bond donors (Lipinski definition) is 1. The topological polar surface area (TPSA) is 98.6 Å². The minimum absolute atomic E-state index is 0.00658. The fourth-order valence-electron chi connectivity index (χ4n) is 4.17. The van der Waals surface area contributed by atoms with Crippen LogP contribution in [0.1, 0.15) is 30.6 Å². The van der Waals surface area contributed by atoms with Crippen molar-refractivity contribution in [2.75, 3.05) is 20.8 Å². The van der Waals surface area contributed by atoms with Gasteiger partial charge in [0.1, 0.15) is 11.1 Å². The van der Waals surface area contributed by atoms with Gasteiger partial charge in [0.25, 0.3) is 0 Å². The van der Waals surface area contributed by atoms with Crippen LogP contribution in [0.5, 0.6) is 11.5 Å². The summed E-state index contributed by atoms with van der Waals surface area (Å²) in [7, 11) is -1.10. The van der Waals surface area contributed by atoms with Crippen LogP contribution >= 0.6 is 0 Å². The van der Waals surface area contributed by atoms with Gasteiger partial charge in [-0.2, -0.15) is 0 Å². The van der Waals surface area contributed by atoms with Crippen molar-refractivity contribution in [1.82, 2.24) is 9.21 Å². The summed E-state index contributed by atoms with van der Waals surface area (Å²) in [6, 6.07) is 11.0. The summed E-state index contributed by atoms with van der Waals surface area (Å²) in [6.07, 6.45) is 2.38. The van der Waals surface area contributed by atoms with Gasteiger partial charge in [-0.1, -0.05) is 34.5 Å². The summed E-state index contributed by atoms with van der Waals surface area (Å²) in [5, 5.41) is 7.01. The molecule has 2 aliphatic heterocycles. The third-order valence-electron chi connectivity index (χ3n) is 5.91. The van der Waals surface area contributed by atoms with E-state index in [9.17, 15) is 12.8 Å². The molecule has 1 fully saturated rings. The van der Waals surface area contributed by atoms with E-state index in [0.29, 0.717) is 30.2 Å². The van der Waals surface area contributed by atoms with Crippen LogP contribution in [-0.2, 0) is 14.8 Å². The molecule has 11 heteroatoms. The molecule has 2 aromatic rings. The zero-order valence-electron chi connectivity index (χ0n) is 18.6. The van der Waals surface area contributed by atoms with Gasteiger partial charge in [0, 0.05) is 12.0 Å². The van der Waals surface area contributed by atoms with Crippen LogP contribution in [0.4, 0.5) is 10.1 Å². The van der Waals surface area contributed by atoms with Crippen molar-refractivity contribution in [3.05, 3.63) is 53.8 Å². The van der Waals surface area contributed by atoms with Crippen molar-refractivity contribution in [2.45, 2.75) is 31.2 Å². The SMILES string of the molecule is COc1cccc(OC)c1[N+]1([C@H]2CCCO2)C=NN=C1NS(=O)(=O)[C@H](C)c1ccccc1F. The van der Waals surface area contributed by atoms with E-state index in [2.05, 4.69) is 14.9 Å². The van der Waals surface area contributed by atoms with Crippen LogP contribution in [0.25, 0.3) is 0 Å². The first-order valence-corrected chi connectivity index (χ1v) is 12.0. The van der Waals surface area contributed by atoms with Crippen molar-refractivity contribution in [3.8, 4) is 11.5 Å². The molecule has 176 valence electrons. The summed E-state index contributed by atoms with van der Waals surface area (Å²) < 4.78 is 60.5. The zero-order chi connectivity index (χ0) is 23.6. The summed E-state index contributed by atoms with van der Waals surface area (Å²) in [6.45, 7) is 1.92. The number of ether oxygens (including phenoxy) is 3. The molecule has 4 rings (SSSR count). The molecule has 1 unspecified atom stereocenters. The number of para-hydroxylation sites is 1. The number of methoxy groups -OCH3 is 2. The van der Waals surface area contributed by atoms with E-state index < -0.39 is 27.3 Å². The third kappa shape index (κ3) is 3.96. The molecule has 2 aliphatic rings. The highest BCUT2D eigenvalue weighted by Crippen LogP contribution is 2.46. The van der Waals surface area contributed by atoms with Gasteiger partial charge in [0.15, 0.2) is 11.5 Å². The standard InChI is InChI=1S/C22H26FN4O5S/c1-15(16-8-4-5-9-17(16)23)33(28,29)26-22-25-24-14-27(22,20-12-7-13-32-20)21-18(30-2)10-6-11-19(21)31-3/h4-6,8-11,14-15,20H,7,12-13H2,1-3H3,(H,25,26)/q+1/t15-,20-,27?/m1/s1. The lowest BCUT2D eigenvalue weighted by Crippen LogP contribution is -2.63. The smallest absolute Gasteiger partial charge is 0.348 e. The molecule has 33 heavy (non-hydrogen) atoms. The quantitative estimate of drug-likeness (QED) is 0.617. The van der Waals surface area contributed by atoms with Crippen LogP contribution in [0, 0.1) is 5.82 Å². The van der Waals surface area contributed by atoms with Crippen molar-refractivity contribution < 1.29 is 27.0 Å². The lowest BCUT2D eigenvalue weighted by molar-refractivity contribution is 0.0540. The number of rotatable bonds is 7. The second-order valence-corrected chi connectivity index (χ2v) is 9.72. The lowest BCUT2D eigenvalue weighted by atomic mass is 10.1.